The van der Waals surface area contributed by atoms with E-state index in [0.717, 1.165) is 60.9 Å². The van der Waals surface area contributed by atoms with Crippen LogP contribution in [-0.2, 0) is 11.2 Å². The number of aromatic nitrogens is 1. The first kappa shape index (κ1) is 24.5. The average molecular weight is 454 g/mol. The van der Waals surface area contributed by atoms with Gasteiger partial charge >= 0.3 is 6.03 Å². The molecule has 3 rings (SSSR count). The molecule has 1 aromatic heterocycles. The molecule has 1 aliphatic rings. The van der Waals surface area contributed by atoms with Gasteiger partial charge in [0.2, 0.25) is 5.91 Å². The first-order chi connectivity index (χ1) is 15.9. The maximum atomic E-state index is 12.8. The van der Waals surface area contributed by atoms with Crippen LogP contribution in [0.4, 0.5) is 10.5 Å². The molecule has 8 nitrogen and oxygen atoms in total. The van der Waals surface area contributed by atoms with Gasteiger partial charge in [0, 0.05) is 61.9 Å². The number of amides is 3. The van der Waals surface area contributed by atoms with Crippen molar-refractivity contribution in [3.05, 3.63) is 53.3 Å². The summed E-state index contributed by atoms with van der Waals surface area (Å²) in [6, 6.07) is 11.4. The second kappa shape index (κ2) is 11.7. The number of hydrogen-bond acceptors (Lipinski definition) is 5. The average Bonchev–Trinajstić information content (AvgIpc) is 2.78. The number of hydrogen-bond donors (Lipinski definition) is 2. The number of nitrogens with zero attached hydrogens (tertiary/aromatic N) is 3. The summed E-state index contributed by atoms with van der Waals surface area (Å²) in [6.45, 7) is 6.98. The third-order valence-electron chi connectivity index (χ3n) is 6.09. The van der Waals surface area contributed by atoms with E-state index in [1.54, 1.807) is 7.11 Å². The number of para-hydroxylation sites is 1. The van der Waals surface area contributed by atoms with Gasteiger partial charge < -0.3 is 25.2 Å². The van der Waals surface area contributed by atoms with Gasteiger partial charge in [-0.3, -0.25) is 9.78 Å². The summed E-state index contributed by atoms with van der Waals surface area (Å²) in [5.41, 5.74) is 3.41. The Kier molecular flexibility index (Phi) is 8.65. The Morgan fingerprint density at radius 2 is 1.82 bits per heavy atom. The minimum Gasteiger partial charge on any atom is -0.496 e. The van der Waals surface area contributed by atoms with Crippen molar-refractivity contribution >= 4 is 17.6 Å². The first-order valence-electron chi connectivity index (χ1n) is 11.5. The van der Waals surface area contributed by atoms with Gasteiger partial charge in [-0.1, -0.05) is 18.2 Å². The number of urea groups is 1. The fourth-order valence-electron chi connectivity index (χ4n) is 4.28. The van der Waals surface area contributed by atoms with E-state index in [1.807, 2.05) is 62.2 Å². The maximum absolute atomic E-state index is 12.8. The van der Waals surface area contributed by atoms with Gasteiger partial charge in [-0.2, -0.15) is 0 Å². The summed E-state index contributed by atoms with van der Waals surface area (Å²) in [7, 11) is 3.52. The van der Waals surface area contributed by atoms with Gasteiger partial charge in [0.1, 0.15) is 5.75 Å². The first-order valence-corrected chi connectivity index (χ1v) is 11.5. The Balaban J connectivity index is 1.37. The number of likely N-dealkylation sites (tertiary alicyclic amines) is 1. The highest BCUT2D eigenvalue weighted by Gasteiger charge is 2.25. The second-order valence-corrected chi connectivity index (χ2v) is 8.59. The molecule has 0 saturated carbocycles. The third-order valence-corrected chi connectivity index (χ3v) is 6.09. The van der Waals surface area contributed by atoms with Crippen LogP contribution in [0.25, 0.3) is 0 Å². The topological polar surface area (TPSA) is 86.8 Å². The molecule has 1 saturated heterocycles. The van der Waals surface area contributed by atoms with Crippen molar-refractivity contribution in [2.75, 3.05) is 45.7 Å². The minimum absolute atomic E-state index is 0.109. The third kappa shape index (κ3) is 7.18. The molecule has 8 heteroatoms. The van der Waals surface area contributed by atoms with E-state index >= 15 is 0 Å². The molecule has 0 bridgehead atoms. The van der Waals surface area contributed by atoms with Crippen LogP contribution in [-0.4, -0.2) is 73.1 Å². The van der Waals surface area contributed by atoms with Crippen LogP contribution >= 0.6 is 0 Å². The highest BCUT2D eigenvalue weighted by molar-refractivity contribution is 5.89. The standard InChI is InChI=1S/C25H35N5O3/c1-18-15-21(16-19(2)27-18)28-25(32)26-11-14-30-12-9-22(10-13-30)29(3)24(31)17-20-7-5-6-8-23(20)33-4/h5-8,15-16,22H,9-14,17H2,1-4H3,(H2,26,27,28,32). The van der Waals surface area contributed by atoms with Crippen molar-refractivity contribution in [3.63, 3.8) is 0 Å². The number of anilines is 1. The number of aryl methyl sites for hydroxylation is 2. The molecule has 1 aromatic carbocycles. The lowest BCUT2D eigenvalue weighted by molar-refractivity contribution is -0.132. The minimum atomic E-state index is -0.212. The predicted molar refractivity (Wildman–Crippen MR) is 130 cm³/mol. The Hall–Kier alpha value is -3.13. The maximum Gasteiger partial charge on any atom is 0.319 e. The number of ether oxygens (including phenoxy) is 1. The fraction of sp³-hybridized carbons (Fsp3) is 0.480. The van der Waals surface area contributed by atoms with Gasteiger partial charge in [0.05, 0.1) is 13.5 Å². The Morgan fingerprint density at radius 1 is 1.15 bits per heavy atom. The van der Waals surface area contributed by atoms with E-state index < -0.39 is 0 Å². The summed E-state index contributed by atoms with van der Waals surface area (Å²) >= 11 is 0. The summed E-state index contributed by atoms with van der Waals surface area (Å²) in [5, 5.41) is 5.78. The van der Waals surface area contributed by atoms with Gasteiger partial charge in [0.15, 0.2) is 0 Å². The van der Waals surface area contributed by atoms with Crippen LogP contribution in [0.2, 0.25) is 0 Å². The van der Waals surface area contributed by atoms with E-state index in [9.17, 15) is 9.59 Å². The molecule has 1 aliphatic heterocycles. The fourth-order valence-corrected chi connectivity index (χ4v) is 4.28. The molecular formula is C25H35N5O3. The van der Waals surface area contributed by atoms with Crippen molar-refractivity contribution in [3.8, 4) is 5.75 Å². The van der Waals surface area contributed by atoms with Gasteiger partial charge in [-0.15, -0.1) is 0 Å². The Bertz CT molecular complexity index is 937. The van der Waals surface area contributed by atoms with Crippen LogP contribution in [0.1, 0.15) is 29.8 Å². The van der Waals surface area contributed by atoms with Crippen molar-refractivity contribution in [1.29, 1.82) is 0 Å². The zero-order valence-corrected chi connectivity index (χ0v) is 20.1. The van der Waals surface area contributed by atoms with E-state index in [1.165, 1.54) is 0 Å². The molecule has 0 aliphatic carbocycles. The van der Waals surface area contributed by atoms with Crippen LogP contribution in [0.5, 0.6) is 5.75 Å². The van der Waals surface area contributed by atoms with Crippen molar-refractivity contribution < 1.29 is 14.3 Å². The highest BCUT2D eigenvalue weighted by Crippen LogP contribution is 2.21. The molecule has 33 heavy (non-hydrogen) atoms. The molecule has 0 spiro atoms. The van der Waals surface area contributed by atoms with Crippen LogP contribution in [0, 0.1) is 13.8 Å². The van der Waals surface area contributed by atoms with Gasteiger partial charge in [-0.25, -0.2) is 4.79 Å². The molecule has 0 unspecified atom stereocenters. The quantitative estimate of drug-likeness (QED) is 0.642. The zero-order chi connectivity index (χ0) is 23.8. The monoisotopic (exact) mass is 453 g/mol. The number of rotatable bonds is 8. The number of methoxy groups -OCH3 is 1. The van der Waals surface area contributed by atoms with Crippen molar-refractivity contribution in [1.82, 2.24) is 20.1 Å². The lowest BCUT2D eigenvalue weighted by Gasteiger charge is -2.36. The number of carbonyl (C=O) groups excluding carboxylic acids is 2. The van der Waals surface area contributed by atoms with Gasteiger partial charge in [-0.05, 0) is 44.9 Å². The Morgan fingerprint density at radius 3 is 2.48 bits per heavy atom. The largest absolute Gasteiger partial charge is 0.496 e. The normalized spacial score (nSPS) is 14.5. The van der Waals surface area contributed by atoms with Crippen LogP contribution < -0.4 is 15.4 Å². The number of carbonyl (C=O) groups is 2. The van der Waals surface area contributed by atoms with Gasteiger partial charge in [0.25, 0.3) is 0 Å². The van der Waals surface area contributed by atoms with E-state index in [-0.39, 0.29) is 18.0 Å². The molecule has 178 valence electrons. The molecule has 2 aromatic rings. The second-order valence-electron chi connectivity index (χ2n) is 8.59. The lowest BCUT2D eigenvalue weighted by Crippen LogP contribution is -2.47. The molecule has 1 fully saturated rings. The summed E-state index contributed by atoms with van der Waals surface area (Å²) in [6.07, 6.45) is 2.20. The SMILES string of the molecule is COc1ccccc1CC(=O)N(C)C1CCN(CCNC(=O)Nc2cc(C)nc(C)c2)CC1. The number of likely N-dealkylation sites (N-methyl/N-ethyl adjacent to an activating group) is 1. The summed E-state index contributed by atoms with van der Waals surface area (Å²) in [4.78, 5) is 33.5. The molecule has 0 atom stereocenters. The van der Waals surface area contributed by atoms with E-state index in [2.05, 4.69) is 20.5 Å². The highest BCUT2D eigenvalue weighted by atomic mass is 16.5. The molecule has 2 heterocycles. The molecule has 2 N–H and O–H groups in total. The van der Waals surface area contributed by atoms with E-state index in [0.29, 0.717) is 13.0 Å². The number of pyridine rings is 1. The number of benzene rings is 1. The Labute approximate surface area is 196 Å². The van der Waals surface area contributed by atoms with Crippen molar-refractivity contribution in [2.45, 2.75) is 39.2 Å². The molecule has 3 amide bonds. The van der Waals surface area contributed by atoms with E-state index in [4.69, 9.17) is 4.74 Å². The predicted octanol–water partition coefficient (Wildman–Crippen LogP) is 2.99. The number of nitrogens with one attached hydrogen (secondary N) is 2. The molecule has 0 radical (unpaired) electrons. The van der Waals surface area contributed by atoms with Crippen LogP contribution in [0.15, 0.2) is 36.4 Å². The lowest BCUT2D eigenvalue weighted by atomic mass is 10.0. The summed E-state index contributed by atoms with van der Waals surface area (Å²) in [5.74, 6) is 0.859. The van der Waals surface area contributed by atoms with Crippen molar-refractivity contribution in [2.24, 2.45) is 0 Å². The smallest absolute Gasteiger partial charge is 0.319 e. The zero-order valence-electron chi connectivity index (χ0n) is 20.1. The molecular weight excluding hydrogens is 418 g/mol. The summed E-state index contributed by atoms with van der Waals surface area (Å²) < 4.78 is 5.37. The number of piperidine rings is 1. The van der Waals surface area contributed by atoms with Crippen LogP contribution in [0.3, 0.4) is 0 Å².